The van der Waals surface area contributed by atoms with Gasteiger partial charge < -0.3 is 9.47 Å². The van der Waals surface area contributed by atoms with E-state index < -0.39 is 44.6 Å². The minimum absolute atomic E-state index is 0.228. The van der Waals surface area contributed by atoms with Crippen molar-refractivity contribution in [3.63, 3.8) is 0 Å². The average Bonchev–Trinajstić information content (AvgIpc) is 2.62. The van der Waals surface area contributed by atoms with E-state index in [0.717, 1.165) is 13.2 Å². The van der Waals surface area contributed by atoms with Gasteiger partial charge in [-0.05, 0) is 37.3 Å². The average molecular weight is 399 g/mol. The lowest BCUT2D eigenvalue weighted by Gasteiger charge is -2.15. The van der Waals surface area contributed by atoms with Gasteiger partial charge >= 0.3 is 11.9 Å². The molecule has 2 aromatic rings. The molecule has 0 unspecified atom stereocenters. The van der Waals surface area contributed by atoms with Gasteiger partial charge in [0.15, 0.2) is 6.10 Å². The number of esters is 2. The lowest BCUT2D eigenvalue weighted by molar-refractivity contribution is -0.149. The zero-order chi connectivity index (χ0) is 20.2. The highest BCUT2D eigenvalue weighted by atomic mass is 32.2. The van der Waals surface area contributed by atoms with Gasteiger partial charge in [0, 0.05) is 0 Å². The van der Waals surface area contributed by atoms with Crippen LogP contribution in [0.15, 0.2) is 47.4 Å². The number of para-hydroxylation sites is 1. The topological polar surface area (TPSA) is 98.8 Å². The van der Waals surface area contributed by atoms with E-state index in [9.17, 15) is 26.8 Å². The molecule has 0 fully saturated rings. The van der Waals surface area contributed by atoms with Crippen LogP contribution in [0.3, 0.4) is 0 Å². The number of methoxy groups -OCH3 is 1. The van der Waals surface area contributed by atoms with Gasteiger partial charge in [0.05, 0.1) is 18.4 Å². The van der Waals surface area contributed by atoms with Crippen molar-refractivity contribution < 1.29 is 36.3 Å². The predicted molar refractivity (Wildman–Crippen MR) is 90.5 cm³/mol. The van der Waals surface area contributed by atoms with Crippen molar-refractivity contribution in [1.29, 1.82) is 0 Å². The maximum absolute atomic E-state index is 13.8. The molecule has 0 spiro atoms. The van der Waals surface area contributed by atoms with Crippen molar-refractivity contribution in [2.24, 2.45) is 0 Å². The molecule has 0 radical (unpaired) electrons. The van der Waals surface area contributed by atoms with Crippen LogP contribution in [0, 0.1) is 11.6 Å². The van der Waals surface area contributed by atoms with Crippen molar-refractivity contribution in [2.75, 3.05) is 11.8 Å². The summed E-state index contributed by atoms with van der Waals surface area (Å²) in [4.78, 5) is 22.7. The van der Waals surface area contributed by atoms with Crippen molar-refractivity contribution in [1.82, 2.24) is 0 Å². The standard InChI is InChI=1S/C17H15F2NO6S/c1-10(16(21)25-2)26-17(22)12-5-3-4-6-14(12)20-27(23,24)15-9-11(18)7-8-13(15)19/h3-10,20H,1-2H3/t10-/m0/s1. The summed E-state index contributed by atoms with van der Waals surface area (Å²) in [7, 11) is -3.42. The molecule has 27 heavy (non-hydrogen) atoms. The maximum Gasteiger partial charge on any atom is 0.346 e. The van der Waals surface area contributed by atoms with Crippen molar-refractivity contribution in [2.45, 2.75) is 17.9 Å². The van der Waals surface area contributed by atoms with Crippen LogP contribution in [0.5, 0.6) is 0 Å². The van der Waals surface area contributed by atoms with Gasteiger partial charge in [0.25, 0.3) is 10.0 Å². The first kappa shape index (κ1) is 20.3. The van der Waals surface area contributed by atoms with E-state index in [-0.39, 0.29) is 11.3 Å². The summed E-state index contributed by atoms with van der Waals surface area (Å²) >= 11 is 0. The Hall–Kier alpha value is -3.01. The summed E-state index contributed by atoms with van der Waals surface area (Å²) < 4.78 is 63.2. The summed E-state index contributed by atoms with van der Waals surface area (Å²) in [5, 5.41) is 0. The fourth-order valence-corrected chi connectivity index (χ4v) is 3.24. The predicted octanol–water partition coefficient (Wildman–Crippen LogP) is 2.48. The molecule has 2 aromatic carbocycles. The van der Waals surface area contributed by atoms with Crippen LogP contribution >= 0.6 is 0 Å². The summed E-state index contributed by atoms with van der Waals surface area (Å²) in [5.41, 5.74) is -0.461. The Morgan fingerprint density at radius 3 is 2.44 bits per heavy atom. The highest BCUT2D eigenvalue weighted by Gasteiger charge is 2.25. The van der Waals surface area contributed by atoms with Crippen LogP contribution in [0.2, 0.25) is 0 Å². The van der Waals surface area contributed by atoms with Gasteiger partial charge in [0.1, 0.15) is 16.5 Å². The third-order valence-corrected chi connectivity index (χ3v) is 4.77. The summed E-state index contributed by atoms with van der Waals surface area (Å²) in [6, 6.07) is 7.27. The third kappa shape index (κ3) is 4.79. The first-order chi connectivity index (χ1) is 12.7. The smallest absolute Gasteiger partial charge is 0.346 e. The molecule has 0 aliphatic carbocycles. The molecule has 1 atom stereocenters. The van der Waals surface area contributed by atoms with E-state index in [2.05, 4.69) is 4.74 Å². The van der Waals surface area contributed by atoms with Crippen LogP contribution in [-0.4, -0.2) is 33.6 Å². The molecule has 0 aromatic heterocycles. The summed E-state index contributed by atoms with van der Waals surface area (Å²) in [5.74, 6) is -3.92. The van der Waals surface area contributed by atoms with E-state index in [1.807, 2.05) is 4.72 Å². The van der Waals surface area contributed by atoms with Gasteiger partial charge in [0.2, 0.25) is 0 Å². The van der Waals surface area contributed by atoms with Crippen LogP contribution in [0.1, 0.15) is 17.3 Å². The molecule has 0 saturated heterocycles. The number of ether oxygens (including phenoxy) is 2. The Morgan fingerprint density at radius 1 is 1.11 bits per heavy atom. The van der Waals surface area contributed by atoms with Crippen LogP contribution in [0.4, 0.5) is 14.5 Å². The number of halogens is 2. The first-order valence-corrected chi connectivity index (χ1v) is 8.99. The monoisotopic (exact) mass is 399 g/mol. The quantitative estimate of drug-likeness (QED) is 0.750. The molecule has 0 saturated carbocycles. The number of anilines is 1. The van der Waals surface area contributed by atoms with Gasteiger partial charge in [-0.3, -0.25) is 4.72 Å². The van der Waals surface area contributed by atoms with Crippen LogP contribution in [-0.2, 0) is 24.3 Å². The van der Waals surface area contributed by atoms with E-state index in [4.69, 9.17) is 4.74 Å². The molecular weight excluding hydrogens is 384 g/mol. The maximum atomic E-state index is 13.8. The summed E-state index contributed by atoms with van der Waals surface area (Å²) in [6.07, 6.45) is -1.23. The van der Waals surface area contributed by atoms with Crippen molar-refractivity contribution in [3.05, 3.63) is 59.7 Å². The van der Waals surface area contributed by atoms with Gasteiger partial charge in [-0.2, -0.15) is 0 Å². The molecule has 10 heteroatoms. The number of hydrogen-bond acceptors (Lipinski definition) is 6. The molecule has 1 N–H and O–H groups in total. The Bertz CT molecular complexity index is 977. The molecule has 7 nitrogen and oxygen atoms in total. The third-order valence-electron chi connectivity index (χ3n) is 3.39. The molecular formula is C17H15F2NO6S. The summed E-state index contributed by atoms with van der Waals surface area (Å²) in [6.45, 7) is 1.28. The van der Waals surface area contributed by atoms with Crippen LogP contribution < -0.4 is 4.72 Å². The van der Waals surface area contributed by atoms with Gasteiger partial charge in [-0.1, -0.05) is 12.1 Å². The number of hydrogen-bond donors (Lipinski definition) is 1. The molecule has 0 amide bonds. The van der Waals surface area contributed by atoms with Gasteiger partial charge in [-0.15, -0.1) is 0 Å². The van der Waals surface area contributed by atoms with E-state index >= 15 is 0 Å². The van der Waals surface area contributed by atoms with Crippen molar-refractivity contribution >= 4 is 27.6 Å². The van der Waals surface area contributed by atoms with Gasteiger partial charge in [-0.25, -0.2) is 26.8 Å². The number of carbonyl (C=O) groups excluding carboxylic acids is 2. The normalized spacial score (nSPS) is 12.1. The fourth-order valence-electron chi connectivity index (χ4n) is 2.07. The molecule has 0 heterocycles. The van der Waals surface area contributed by atoms with Crippen LogP contribution in [0.25, 0.3) is 0 Å². The minimum atomic E-state index is -4.54. The molecule has 144 valence electrons. The fraction of sp³-hybridized carbons (Fsp3) is 0.176. The second-order valence-electron chi connectivity index (χ2n) is 5.30. The minimum Gasteiger partial charge on any atom is -0.466 e. The number of benzene rings is 2. The Balaban J connectivity index is 2.34. The largest absolute Gasteiger partial charge is 0.466 e. The van der Waals surface area contributed by atoms with E-state index in [0.29, 0.717) is 12.1 Å². The lowest BCUT2D eigenvalue weighted by Crippen LogP contribution is -2.26. The van der Waals surface area contributed by atoms with E-state index in [1.165, 1.54) is 31.2 Å². The number of sulfonamides is 1. The zero-order valence-electron chi connectivity index (χ0n) is 14.2. The lowest BCUT2D eigenvalue weighted by atomic mass is 10.2. The number of rotatable bonds is 6. The second-order valence-corrected chi connectivity index (χ2v) is 6.95. The number of nitrogens with one attached hydrogen (secondary N) is 1. The SMILES string of the molecule is COC(=O)[C@H](C)OC(=O)c1ccccc1NS(=O)(=O)c1cc(F)ccc1F. The Kier molecular flexibility index (Phi) is 6.11. The Morgan fingerprint density at radius 2 is 1.78 bits per heavy atom. The molecule has 0 aliphatic heterocycles. The first-order valence-electron chi connectivity index (χ1n) is 7.51. The number of carbonyl (C=O) groups is 2. The van der Waals surface area contributed by atoms with Crippen molar-refractivity contribution in [3.8, 4) is 0 Å². The van der Waals surface area contributed by atoms with E-state index in [1.54, 1.807) is 0 Å². The highest BCUT2D eigenvalue weighted by molar-refractivity contribution is 7.92. The highest BCUT2D eigenvalue weighted by Crippen LogP contribution is 2.23. The second kappa shape index (κ2) is 8.12. The zero-order valence-corrected chi connectivity index (χ0v) is 15.0. The molecule has 0 bridgehead atoms. The molecule has 2 rings (SSSR count). The Labute approximate surface area is 154 Å². The molecule has 0 aliphatic rings.